The third kappa shape index (κ3) is 3.17. The van der Waals surface area contributed by atoms with E-state index in [0.29, 0.717) is 0 Å². The first-order valence-electron chi connectivity index (χ1n) is 6.09. The molecular formula is C11H19N3O3. The zero-order chi connectivity index (χ0) is 12.3. The van der Waals surface area contributed by atoms with Crippen LogP contribution in [-0.4, -0.2) is 30.0 Å². The summed E-state index contributed by atoms with van der Waals surface area (Å²) in [7, 11) is 0. The van der Waals surface area contributed by atoms with Crippen LogP contribution < -0.4 is 16.5 Å². The summed E-state index contributed by atoms with van der Waals surface area (Å²) in [5, 5.41) is 2.65. The molecule has 1 heterocycles. The number of amides is 2. The normalized spacial score (nSPS) is 27.6. The van der Waals surface area contributed by atoms with Crippen LogP contribution in [0.15, 0.2) is 0 Å². The maximum Gasteiger partial charge on any atom is 0.268 e. The van der Waals surface area contributed by atoms with Crippen molar-refractivity contribution in [2.75, 3.05) is 6.61 Å². The summed E-state index contributed by atoms with van der Waals surface area (Å²) >= 11 is 0. The molecule has 17 heavy (non-hydrogen) atoms. The smallest absolute Gasteiger partial charge is 0.268 e. The molecule has 1 saturated heterocycles. The summed E-state index contributed by atoms with van der Waals surface area (Å²) in [4.78, 5) is 27.7. The van der Waals surface area contributed by atoms with Crippen molar-refractivity contribution in [3.63, 3.8) is 0 Å². The molecule has 2 amide bonds. The van der Waals surface area contributed by atoms with Gasteiger partial charge in [0.2, 0.25) is 5.91 Å². The zero-order valence-corrected chi connectivity index (χ0v) is 9.83. The van der Waals surface area contributed by atoms with Gasteiger partial charge >= 0.3 is 0 Å². The molecule has 0 radical (unpaired) electrons. The SMILES string of the molecule is NC1(CC(=O)N[C@@H]2CONC2=O)CCCCC1. The van der Waals surface area contributed by atoms with Gasteiger partial charge in [-0.15, -0.1) is 0 Å². The largest absolute Gasteiger partial charge is 0.342 e. The number of carbonyl (C=O) groups excluding carboxylic acids is 2. The highest BCUT2D eigenvalue weighted by atomic mass is 16.7. The maximum atomic E-state index is 11.8. The molecule has 0 aromatic heterocycles. The second-order valence-electron chi connectivity index (χ2n) is 5.00. The Bertz CT molecular complexity index is 313. The van der Waals surface area contributed by atoms with Crippen LogP contribution in [-0.2, 0) is 14.4 Å². The number of rotatable bonds is 3. The molecule has 0 bridgehead atoms. The fraction of sp³-hybridized carbons (Fsp3) is 0.818. The van der Waals surface area contributed by atoms with E-state index in [4.69, 9.17) is 10.6 Å². The van der Waals surface area contributed by atoms with Crippen LogP contribution in [0, 0.1) is 0 Å². The standard InChI is InChI=1S/C11H19N3O3/c12-11(4-2-1-3-5-11)6-9(15)13-8-7-17-14-10(8)16/h8H,1-7,12H2,(H,13,15)(H,14,16)/t8-/m1/s1. The topological polar surface area (TPSA) is 93.5 Å². The van der Waals surface area contributed by atoms with E-state index in [1.54, 1.807) is 0 Å². The van der Waals surface area contributed by atoms with Gasteiger partial charge in [-0.1, -0.05) is 19.3 Å². The summed E-state index contributed by atoms with van der Waals surface area (Å²) in [6.45, 7) is 0.183. The fourth-order valence-electron chi connectivity index (χ4n) is 2.45. The molecule has 2 fully saturated rings. The van der Waals surface area contributed by atoms with Crippen LogP contribution in [0.3, 0.4) is 0 Å². The van der Waals surface area contributed by atoms with Crippen molar-refractivity contribution in [2.24, 2.45) is 5.73 Å². The van der Waals surface area contributed by atoms with Gasteiger partial charge in [0.05, 0.1) is 0 Å². The van der Waals surface area contributed by atoms with Crippen LogP contribution in [0.1, 0.15) is 38.5 Å². The van der Waals surface area contributed by atoms with Gasteiger partial charge in [-0.2, -0.15) is 0 Å². The molecule has 96 valence electrons. The number of nitrogens with one attached hydrogen (secondary N) is 2. The molecule has 0 aromatic carbocycles. The van der Waals surface area contributed by atoms with E-state index < -0.39 is 11.6 Å². The Kier molecular flexibility index (Phi) is 3.63. The lowest BCUT2D eigenvalue weighted by atomic mass is 9.80. The van der Waals surface area contributed by atoms with E-state index in [-0.39, 0.29) is 24.8 Å². The van der Waals surface area contributed by atoms with Crippen molar-refractivity contribution in [1.29, 1.82) is 0 Å². The Hall–Kier alpha value is -1.14. The molecular weight excluding hydrogens is 222 g/mol. The first kappa shape index (κ1) is 12.3. The molecule has 1 atom stereocenters. The second kappa shape index (κ2) is 5.01. The van der Waals surface area contributed by atoms with Crippen LogP contribution >= 0.6 is 0 Å². The van der Waals surface area contributed by atoms with Crippen molar-refractivity contribution in [1.82, 2.24) is 10.8 Å². The van der Waals surface area contributed by atoms with Gasteiger partial charge in [0.15, 0.2) is 0 Å². The summed E-state index contributed by atoms with van der Waals surface area (Å²) in [6, 6.07) is -0.574. The lowest BCUT2D eigenvalue weighted by Gasteiger charge is -2.32. The van der Waals surface area contributed by atoms with Crippen LogP contribution in [0.5, 0.6) is 0 Å². The first-order chi connectivity index (χ1) is 8.09. The summed E-state index contributed by atoms with van der Waals surface area (Å²) in [5.74, 6) is -0.465. The molecule has 4 N–H and O–H groups in total. The van der Waals surface area contributed by atoms with E-state index >= 15 is 0 Å². The highest BCUT2D eigenvalue weighted by Crippen LogP contribution is 2.28. The highest BCUT2D eigenvalue weighted by Gasteiger charge is 2.33. The Labute approximate surface area is 100 Å². The van der Waals surface area contributed by atoms with Crippen molar-refractivity contribution in [2.45, 2.75) is 50.1 Å². The van der Waals surface area contributed by atoms with Crippen molar-refractivity contribution >= 4 is 11.8 Å². The molecule has 2 rings (SSSR count). The lowest BCUT2D eigenvalue weighted by Crippen LogP contribution is -2.49. The predicted octanol–water partition coefficient (Wildman–Crippen LogP) is -0.416. The minimum absolute atomic E-state index is 0.167. The van der Waals surface area contributed by atoms with Crippen LogP contribution in [0.4, 0.5) is 0 Å². The lowest BCUT2D eigenvalue weighted by molar-refractivity contribution is -0.129. The van der Waals surface area contributed by atoms with Gasteiger partial charge in [0.25, 0.3) is 5.91 Å². The van der Waals surface area contributed by atoms with Gasteiger partial charge in [-0.05, 0) is 12.8 Å². The molecule has 1 saturated carbocycles. The molecule has 1 aliphatic carbocycles. The predicted molar refractivity (Wildman–Crippen MR) is 60.6 cm³/mol. The third-order valence-corrected chi connectivity index (χ3v) is 3.44. The van der Waals surface area contributed by atoms with E-state index in [9.17, 15) is 9.59 Å². The van der Waals surface area contributed by atoms with Crippen molar-refractivity contribution in [3.8, 4) is 0 Å². The Morgan fingerprint density at radius 2 is 2.18 bits per heavy atom. The monoisotopic (exact) mass is 241 g/mol. The minimum Gasteiger partial charge on any atom is -0.342 e. The number of nitrogens with two attached hydrogens (primary N) is 1. The number of carbonyl (C=O) groups is 2. The first-order valence-corrected chi connectivity index (χ1v) is 6.09. The molecule has 0 unspecified atom stereocenters. The molecule has 0 aromatic rings. The van der Waals surface area contributed by atoms with Crippen molar-refractivity contribution < 1.29 is 14.4 Å². The van der Waals surface area contributed by atoms with Gasteiger partial charge in [0.1, 0.15) is 12.6 Å². The number of hydrogen-bond acceptors (Lipinski definition) is 4. The van der Waals surface area contributed by atoms with E-state index in [0.717, 1.165) is 25.7 Å². The average Bonchev–Trinajstić information content (AvgIpc) is 2.64. The average molecular weight is 241 g/mol. The molecule has 0 spiro atoms. The van der Waals surface area contributed by atoms with E-state index in [1.165, 1.54) is 6.42 Å². The maximum absolute atomic E-state index is 11.8. The highest BCUT2D eigenvalue weighted by molar-refractivity contribution is 5.88. The van der Waals surface area contributed by atoms with Gasteiger partial charge in [0, 0.05) is 12.0 Å². The Balaban J connectivity index is 1.82. The van der Waals surface area contributed by atoms with Gasteiger partial charge < -0.3 is 11.1 Å². The fourth-order valence-corrected chi connectivity index (χ4v) is 2.45. The number of hydroxylamine groups is 1. The summed E-state index contributed by atoms with van der Waals surface area (Å²) in [5.41, 5.74) is 7.99. The molecule has 6 nitrogen and oxygen atoms in total. The van der Waals surface area contributed by atoms with Gasteiger partial charge in [-0.25, -0.2) is 5.48 Å². The zero-order valence-electron chi connectivity index (χ0n) is 9.83. The minimum atomic E-state index is -0.574. The summed E-state index contributed by atoms with van der Waals surface area (Å²) < 4.78 is 0. The van der Waals surface area contributed by atoms with E-state index in [2.05, 4.69) is 10.8 Å². The quantitative estimate of drug-likeness (QED) is 0.626. The second-order valence-corrected chi connectivity index (χ2v) is 5.00. The van der Waals surface area contributed by atoms with Crippen molar-refractivity contribution in [3.05, 3.63) is 0 Å². The molecule has 2 aliphatic rings. The summed E-state index contributed by atoms with van der Waals surface area (Å²) in [6.07, 6.45) is 5.41. The van der Waals surface area contributed by atoms with Gasteiger partial charge in [-0.3, -0.25) is 14.4 Å². The third-order valence-electron chi connectivity index (χ3n) is 3.44. The molecule has 1 aliphatic heterocycles. The Morgan fingerprint density at radius 1 is 1.47 bits per heavy atom. The van der Waals surface area contributed by atoms with Crippen LogP contribution in [0.25, 0.3) is 0 Å². The molecule has 6 heteroatoms. The van der Waals surface area contributed by atoms with E-state index in [1.807, 2.05) is 0 Å². The Morgan fingerprint density at radius 3 is 2.76 bits per heavy atom. The van der Waals surface area contributed by atoms with Crippen LogP contribution in [0.2, 0.25) is 0 Å². The number of hydrogen-bond donors (Lipinski definition) is 3.